The lowest BCUT2D eigenvalue weighted by atomic mass is 9.89. The van der Waals surface area contributed by atoms with E-state index in [1.54, 1.807) is 19.3 Å². The molecule has 0 radical (unpaired) electrons. The molecule has 174 valence electrons. The zero-order valence-corrected chi connectivity index (χ0v) is 19.8. The summed E-state index contributed by atoms with van der Waals surface area (Å²) in [4.78, 5) is 34.2. The molecule has 2 aliphatic heterocycles. The van der Waals surface area contributed by atoms with Crippen molar-refractivity contribution in [2.75, 3.05) is 44.8 Å². The lowest BCUT2D eigenvalue weighted by molar-refractivity contribution is -0.126. The summed E-state index contributed by atoms with van der Waals surface area (Å²) in [5.74, 6) is 1.06. The van der Waals surface area contributed by atoms with E-state index in [0.717, 1.165) is 22.6 Å². The van der Waals surface area contributed by atoms with Crippen molar-refractivity contribution in [2.45, 2.75) is 32.6 Å². The molecule has 4 rings (SSSR count). The van der Waals surface area contributed by atoms with Crippen LogP contribution < -0.4 is 9.64 Å². The molecule has 1 aromatic heterocycles. The molecule has 33 heavy (non-hydrogen) atoms. The average Bonchev–Trinajstić information content (AvgIpc) is 2.81. The number of ether oxygens (including phenoxy) is 2. The summed E-state index contributed by atoms with van der Waals surface area (Å²) >= 11 is 0. The summed E-state index contributed by atoms with van der Waals surface area (Å²) in [7, 11) is 1.62. The largest absolute Gasteiger partial charge is 0.496 e. The van der Waals surface area contributed by atoms with Crippen LogP contribution in [0.3, 0.4) is 0 Å². The van der Waals surface area contributed by atoms with Gasteiger partial charge in [0.15, 0.2) is 0 Å². The van der Waals surface area contributed by atoms with E-state index in [0.29, 0.717) is 50.6 Å². The zero-order chi connectivity index (χ0) is 23.6. The third-order valence-electron chi connectivity index (χ3n) is 6.09. The van der Waals surface area contributed by atoms with Gasteiger partial charge in [-0.3, -0.25) is 4.79 Å². The van der Waals surface area contributed by atoms with Gasteiger partial charge in [0.2, 0.25) is 5.91 Å². The van der Waals surface area contributed by atoms with Crippen LogP contribution in [0.1, 0.15) is 48.0 Å². The molecule has 7 nitrogen and oxygen atoms in total. The van der Waals surface area contributed by atoms with Gasteiger partial charge in [-0.15, -0.1) is 0 Å². The van der Waals surface area contributed by atoms with Crippen LogP contribution in [0.4, 0.5) is 5.82 Å². The number of esters is 1. The molecule has 1 aromatic carbocycles. The molecule has 2 aromatic rings. The van der Waals surface area contributed by atoms with Crippen molar-refractivity contribution in [1.82, 2.24) is 9.88 Å². The Kier molecular flexibility index (Phi) is 6.40. The number of fused-ring (bicyclic) bond motifs is 1. The Labute approximate surface area is 195 Å². The van der Waals surface area contributed by atoms with Crippen LogP contribution in [0, 0.1) is 0 Å². The second-order valence-electron chi connectivity index (χ2n) is 9.39. The first-order valence-electron chi connectivity index (χ1n) is 11.3. The fraction of sp³-hybridized carbons (Fsp3) is 0.423. The fourth-order valence-corrected chi connectivity index (χ4v) is 4.15. The summed E-state index contributed by atoms with van der Waals surface area (Å²) in [5.41, 5.74) is 3.26. The van der Waals surface area contributed by atoms with E-state index in [4.69, 9.17) is 14.5 Å². The minimum atomic E-state index is -0.308. The van der Waals surface area contributed by atoms with Crippen LogP contribution in [0.2, 0.25) is 0 Å². The van der Waals surface area contributed by atoms with Gasteiger partial charge in [-0.2, -0.15) is 0 Å². The maximum atomic E-state index is 12.8. The molecule has 0 saturated carbocycles. The molecule has 7 heteroatoms. The number of pyridine rings is 1. The van der Waals surface area contributed by atoms with Crippen LogP contribution in [0.5, 0.6) is 5.75 Å². The number of amides is 1. The normalized spacial score (nSPS) is 16.5. The predicted molar refractivity (Wildman–Crippen MR) is 128 cm³/mol. The molecular formula is C26H31N3O4. The number of aromatic nitrogens is 1. The smallest absolute Gasteiger partial charge is 0.342 e. The monoisotopic (exact) mass is 449 g/mol. The molecule has 0 aliphatic carbocycles. The van der Waals surface area contributed by atoms with E-state index >= 15 is 0 Å². The number of carbonyl (C=O) groups excluding carboxylic acids is 2. The van der Waals surface area contributed by atoms with E-state index in [9.17, 15) is 9.59 Å². The molecule has 0 bridgehead atoms. The number of para-hydroxylation sites is 1. The van der Waals surface area contributed by atoms with Gasteiger partial charge in [0.05, 0.1) is 13.7 Å². The van der Waals surface area contributed by atoms with Gasteiger partial charge < -0.3 is 19.3 Å². The molecule has 0 atom stereocenters. The Balaban J connectivity index is 1.50. The average molecular weight is 450 g/mol. The Morgan fingerprint density at radius 1 is 1.15 bits per heavy atom. The Hall–Kier alpha value is -3.35. The SMILES string of the molecule is COc1ccccc1C=CC(=O)N1CCN(c2nc(C(C)(C)C)cc3c2C(=O)OCC3)CC1. The van der Waals surface area contributed by atoms with E-state index < -0.39 is 0 Å². The van der Waals surface area contributed by atoms with Crippen molar-refractivity contribution in [3.8, 4) is 5.75 Å². The van der Waals surface area contributed by atoms with Crippen molar-refractivity contribution in [1.29, 1.82) is 0 Å². The van der Waals surface area contributed by atoms with Gasteiger partial charge >= 0.3 is 5.97 Å². The molecule has 1 amide bonds. The molecule has 2 aliphatic rings. The molecule has 0 N–H and O–H groups in total. The number of hydrogen-bond acceptors (Lipinski definition) is 6. The molecule has 1 fully saturated rings. The van der Waals surface area contributed by atoms with Gasteiger partial charge in [0.1, 0.15) is 17.1 Å². The number of methoxy groups -OCH3 is 1. The van der Waals surface area contributed by atoms with Crippen molar-refractivity contribution in [3.63, 3.8) is 0 Å². The number of nitrogens with zero attached hydrogens (tertiary/aromatic N) is 3. The summed E-state index contributed by atoms with van der Waals surface area (Å²) < 4.78 is 10.7. The molecule has 0 spiro atoms. The molecular weight excluding hydrogens is 418 g/mol. The number of rotatable bonds is 4. The first kappa shape index (κ1) is 22.8. The highest BCUT2D eigenvalue weighted by molar-refractivity contribution is 5.97. The number of carbonyl (C=O) groups is 2. The van der Waals surface area contributed by atoms with Crippen LogP contribution in [-0.2, 0) is 21.4 Å². The highest BCUT2D eigenvalue weighted by Gasteiger charge is 2.31. The molecule has 3 heterocycles. The number of cyclic esters (lactones) is 1. The van der Waals surface area contributed by atoms with Crippen molar-refractivity contribution in [2.24, 2.45) is 0 Å². The summed E-state index contributed by atoms with van der Waals surface area (Å²) in [6.07, 6.45) is 4.07. The summed E-state index contributed by atoms with van der Waals surface area (Å²) in [6.45, 7) is 9.09. The Bertz CT molecular complexity index is 1080. The van der Waals surface area contributed by atoms with Gasteiger partial charge in [-0.25, -0.2) is 9.78 Å². The first-order chi connectivity index (χ1) is 15.8. The van der Waals surface area contributed by atoms with E-state index in [-0.39, 0.29) is 17.3 Å². The lowest BCUT2D eigenvalue weighted by Gasteiger charge is -2.37. The Morgan fingerprint density at radius 2 is 1.88 bits per heavy atom. The molecule has 1 saturated heterocycles. The van der Waals surface area contributed by atoms with Crippen LogP contribution in [0.15, 0.2) is 36.4 Å². The number of hydrogen-bond donors (Lipinski definition) is 0. The van der Waals surface area contributed by atoms with E-state index in [2.05, 4.69) is 25.7 Å². The Morgan fingerprint density at radius 3 is 2.58 bits per heavy atom. The zero-order valence-electron chi connectivity index (χ0n) is 19.8. The van der Waals surface area contributed by atoms with Gasteiger partial charge in [0, 0.05) is 55.3 Å². The number of piperazine rings is 1. The van der Waals surface area contributed by atoms with E-state index in [1.165, 1.54) is 0 Å². The second kappa shape index (κ2) is 9.25. The summed E-state index contributed by atoms with van der Waals surface area (Å²) in [5, 5.41) is 0. The van der Waals surface area contributed by atoms with Gasteiger partial charge in [-0.05, 0) is 23.8 Å². The number of anilines is 1. The highest BCUT2D eigenvalue weighted by atomic mass is 16.5. The third-order valence-corrected chi connectivity index (χ3v) is 6.09. The van der Waals surface area contributed by atoms with Crippen LogP contribution in [-0.4, -0.2) is 61.7 Å². The van der Waals surface area contributed by atoms with Gasteiger partial charge in [0.25, 0.3) is 0 Å². The first-order valence-corrected chi connectivity index (χ1v) is 11.3. The standard InChI is InChI=1S/C26H31N3O4/c1-26(2,3)21-17-19-11-16-33-25(31)23(19)24(27-21)29-14-12-28(13-15-29)22(30)10-9-18-7-5-6-8-20(18)32-4/h5-10,17H,11-16H2,1-4H3. The maximum absolute atomic E-state index is 12.8. The second-order valence-corrected chi connectivity index (χ2v) is 9.39. The fourth-order valence-electron chi connectivity index (χ4n) is 4.15. The van der Waals surface area contributed by atoms with E-state index in [1.807, 2.05) is 35.2 Å². The quantitative estimate of drug-likeness (QED) is 0.526. The predicted octanol–water partition coefficient (Wildman–Crippen LogP) is 3.46. The van der Waals surface area contributed by atoms with Crippen LogP contribution >= 0.6 is 0 Å². The minimum absolute atomic E-state index is 0.0432. The third kappa shape index (κ3) is 4.87. The van der Waals surface area contributed by atoms with Crippen molar-refractivity contribution in [3.05, 3.63) is 58.8 Å². The lowest BCUT2D eigenvalue weighted by Crippen LogP contribution is -2.49. The minimum Gasteiger partial charge on any atom is -0.496 e. The molecule has 0 unspecified atom stereocenters. The van der Waals surface area contributed by atoms with Crippen molar-refractivity contribution < 1.29 is 19.1 Å². The number of benzene rings is 1. The summed E-state index contributed by atoms with van der Waals surface area (Å²) in [6, 6.07) is 9.63. The van der Waals surface area contributed by atoms with Gasteiger partial charge in [-0.1, -0.05) is 39.0 Å². The highest BCUT2D eigenvalue weighted by Crippen LogP contribution is 2.32. The van der Waals surface area contributed by atoms with Crippen molar-refractivity contribution >= 4 is 23.8 Å². The van der Waals surface area contributed by atoms with Crippen LogP contribution in [0.25, 0.3) is 6.08 Å². The topological polar surface area (TPSA) is 72.0 Å². The maximum Gasteiger partial charge on any atom is 0.342 e.